The van der Waals surface area contributed by atoms with E-state index in [0.717, 1.165) is 24.2 Å². The van der Waals surface area contributed by atoms with Gasteiger partial charge >= 0.3 is 6.03 Å². The van der Waals surface area contributed by atoms with Gasteiger partial charge in [-0.1, -0.05) is 0 Å². The number of nitrogens with one attached hydrogen (secondary N) is 2. The Morgan fingerprint density at radius 2 is 2.17 bits per heavy atom. The smallest absolute Gasteiger partial charge is 0.319 e. The van der Waals surface area contributed by atoms with Crippen LogP contribution >= 0.6 is 0 Å². The van der Waals surface area contributed by atoms with Gasteiger partial charge in [0.05, 0.1) is 11.4 Å². The van der Waals surface area contributed by atoms with Gasteiger partial charge in [-0.15, -0.1) is 0 Å². The van der Waals surface area contributed by atoms with E-state index >= 15 is 0 Å². The van der Waals surface area contributed by atoms with Crippen molar-refractivity contribution in [3.63, 3.8) is 0 Å². The molecule has 0 atom stereocenters. The number of hydrogen-bond acceptors (Lipinski definition) is 3. The van der Waals surface area contributed by atoms with Crippen LogP contribution in [0.4, 0.5) is 14.9 Å². The van der Waals surface area contributed by atoms with E-state index in [1.54, 1.807) is 24.5 Å². The van der Waals surface area contributed by atoms with Crippen LogP contribution in [0.15, 0.2) is 30.6 Å². The molecular formula is C17H19FN4O. The number of aromatic nitrogens is 2. The first-order valence-corrected chi connectivity index (χ1v) is 7.73. The summed E-state index contributed by atoms with van der Waals surface area (Å²) >= 11 is 0. The van der Waals surface area contributed by atoms with Crippen molar-refractivity contribution < 1.29 is 9.18 Å². The minimum Gasteiger partial charge on any atom is -0.337 e. The number of benzene rings is 1. The molecule has 0 radical (unpaired) electrons. The summed E-state index contributed by atoms with van der Waals surface area (Å²) in [7, 11) is 0. The Morgan fingerprint density at radius 3 is 2.91 bits per heavy atom. The lowest BCUT2D eigenvalue weighted by atomic mass is 10.1. The summed E-state index contributed by atoms with van der Waals surface area (Å²) in [4.78, 5) is 20.3. The van der Waals surface area contributed by atoms with Gasteiger partial charge in [0, 0.05) is 31.0 Å². The Labute approximate surface area is 134 Å². The van der Waals surface area contributed by atoms with E-state index in [1.165, 1.54) is 6.07 Å². The van der Waals surface area contributed by atoms with Gasteiger partial charge < -0.3 is 10.6 Å². The van der Waals surface area contributed by atoms with Crippen LogP contribution in [0.5, 0.6) is 0 Å². The molecular weight excluding hydrogens is 295 g/mol. The van der Waals surface area contributed by atoms with Crippen molar-refractivity contribution in [2.75, 3.05) is 11.9 Å². The van der Waals surface area contributed by atoms with Gasteiger partial charge in [0.1, 0.15) is 5.82 Å². The zero-order valence-corrected chi connectivity index (χ0v) is 13.0. The molecule has 6 heteroatoms. The van der Waals surface area contributed by atoms with Crippen molar-refractivity contribution in [1.82, 2.24) is 15.3 Å². The van der Waals surface area contributed by atoms with Gasteiger partial charge in [0.2, 0.25) is 0 Å². The van der Waals surface area contributed by atoms with Crippen molar-refractivity contribution in [2.24, 2.45) is 0 Å². The zero-order chi connectivity index (χ0) is 16.2. The summed E-state index contributed by atoms with van der Waals surface area (Å²) in [5.74, 6) is 0.108. The number of amides is 2. The Hall–Kier alpha value is -2.50. The van der Waals surface area contributed by atoms with Gasteiger partial charge in [-0.25, -0.2) is 9.18 Å². The molecule has 1 aromatic heterocycles. The molecule has 0 saturated heterocycles. The fourth-order valence-corrected chi connectivity index (χ4v) is 2.44. The second-order valence-corrected chi connectivity index (χ2v) is 5.79. The molecule has 0 spiro atoms. The third-order valence-electron chi connectivity index (χ3n) is 3.74. The summed E-state index contributed by atoms with van der Waals surface area (Å²) in [6.07, 6.45) is 6.02. The lowest BCUT2D eigenvalue weighted by molar-refractivity contribution is 0.252. The van der Waals surface area contributed by atoms with Crippen molar-refractivity contribution in [2.45, 2.75) is 32.1 Å². The fourth-order valence-electron chi connectivity index (χ4n) is 2.44. The average Bonchev–Trinajstić information content (AvgIpc) is 3.34. The van der Waals surface area contributed by atoms with E-state index in [1.807, 2.05) is 6.92 Å². The largest absolute Gasteiger partial charge is 0.337 e. The molecule has 2 aromatic rings. The zero-order valence-electron chi connectivity index (χ0n) is 13.0. The van der Waals surface area contributed by atoms with Gasteiger partial charge in [-0.3, -0.25) is 9.97 Å². The normalized spacial score (nSPS) is 13.7. The molecule has 1 fully saturated rings. The molecule has 1 aromatic carbocycles. The number of nitrogens with zero attached hydrogens (tertiary/aromatic N) is 2. The maximum absolute atomic E-state index is 13.7. The van der Waals surface area contributed by atoms with Crippen molar-refractivity contribution in [3.05, 3.63) is 53.4 Å². The van der Waals surface area contributed by atoms with Gasteiger partial charge in [-0.2, -0.15) is 0 Å². The first-order chi connectivity index (χ1) is 11.1. The molecule has 0 unspecified atom stereocenters. The lowest BCUT2D eigenvalue weighted by Crippen LogP contribution is -2.30. The first kappa shape index (κ1) is 15.4. The van der Waals surface area contributed by atoms with Crippen LogP contribution in [0.1, 0.15) is 35.7 Å². The van der Waals surface area contributed by atoms with E-state index in [4.69, 9.17) is 0 Å². The van der Waals surface area contributed by atoms with Crippen molar-refractivity contribution >= 4 is 11.7 Å². The first-order valence-electron chi connectivity index (χ1n) is 7.73. The third kappa shape index (κ3) is 4.25. The topological polar surface area (TPSA) is 66.9 Å². The number of urea groups is 1. The van der Waals surface area contributed by atoms with Crippen molar-refractivity contribution in [1.29, 1.82) is 0 Å². The highest BCUT2D eigenvalue weighted by atomic mass is 19.1. The maximum atomic E-state index is 13.7. The van der Waals surface area contributed by atoms with Crippen LogP contribution in [0.3, 0.4) is 0 Å². The Balaban J connectivity index is 1.50. The number of rotatable bonds is 5. The Kier molecular flexibility index (Phi) is 4.50. The third-order valence-corrected chi connectivity index (χ3v) is 3.74. The predicted octanol–water partition coefficient (Wildman–Crippen LogP) is 3.17. The number of carbonyl (C=O) groups excluding carboxylic acids is 1. The molecule has 2 N–H and O–H groups in total. The van der Waals surface area contributed by atoms with E-state index in [9.17, 15) is 9.18 Å². The summed E-state index contributed by atoms with van der Waals surface area (Å²) in [6.45, 7) is 2.34. The summed E-state index contributed by atoms with van der Waals surface area (Å²) in [6, 6.07) is 4.40. The number of carbonyl (C=O) groups is 1. The number of hydrogen-bond donors (Lipinski definition) is 2. The van der Waals surface area contributed by atoms with Crippen molar-refractivity contribution in [3.8, 4) is 0 Å². The molecule has 0 aliphatic heterocycles. The average molecular weight is 314 g/mol. The van der Waals surface area contributed by atoms with Crippen LogP contribution in [0.25, 0.3) is 0 Å². The van der Waals surface area contributed by atoms with E-state index in [0.29, 0.717) is 30.1 Å². The molecule has 23 heavy (non-hydrogen) atoms. The van der Waals surface area contributed by atoms with E-state index in [-0.39, 0.29) is 11.8 Å². The van der Waals surface area contributed by atoms with Gasteiger partial charge in [0.25, 0.3) is 0 Å². The highest BCUT2D eigenvalue weighted by Crippen LogP contribution is 2.42. The molecule has 120 valence electrons. The molecule has 1 aliphatic carbocycles. The van der Waals surface area contributed by atoms with E-state index in [2.05, 4.69) is 20.6 Å². The van der Waals surface area contributed by atoms with Crippen LogP contribution in [-0.2, 0) is 6.42 Å². The molecule has 2 amide bonds. The van der Waals surface area contributed by atoms with E-state index < -0.39 is 0 Å². The molecule has 3 rings (SSSR count). The molecule has 1 aliphatic rings. The van der Waals surface area contributed by atoms with Gasteiger partial charge in [-0.05, 0) is 49.4 Å². The van der Waals surface area contributed by atoms with Crippen LogP contribution in [-0.4, -0.2) is 22.5 Å². The standard InChI is InChI=1S/C17H19FN4O/c1-11-9-19-10-14(21-11)6-7-20-17(23)22-13-4-5-16(18)15(8-13)12-2-3-12/h4-5,8-10,12H,2-3,6-7H2,1H3,(H2,20,22,23). The minimum atomic E-state index is -0.307. The molecule has 0 bridgehead atoms. The molecule has 5 nitrogen and oxygen atoms in total. The quantitative estimate of drug-likeness (QED) is 0.891. The second kappa shape index (κ2) is 6.73. The monoisotopic (exact) mass is 314 g/mol. The van der Waals surface area contributed by atoms with Crippen LogP contribution < -0.4 is 10.6 Å². The maximum Gasteiger partial charge on any atom is 0.319 e. The SMILES string of the molecule is Cc1cncc(CCNC(=O)Nc2ccc(F)c(C3CC3)c2)n1. The number of aryl methyl sites for hydroxylation is 1. The second-order valence-electron chi connectivity index (χ2n) is 5.79. The summed E-state index contributed by atoms with van der Waals surface area (Å²) in [5.41, 5.74) is 2.99. The molecule has 1 saturated carbocycles. The summed E-state index contributed by atoms with van der Waals surface area (Å²) < 4.78 is 13.7. The number of halogens is 1. The lowest BCUT2D eigenvalue weighted by Gasteiger charge is -2.09. The molecule has 1 heterocycles. The number of anilines is 1. The minimum absolute atomic E-state index is 0.198. The summed E-state index contributed by atoms with van der Waals surface area (Å²) in [5, 5.41) is 5.50. The predicted molar refractivity (Wildman–Crippen MR) is 85.9 cm³/mol. The van der Waals surface area contributed by atoms with Crippen LogP contribution in [0, 0.1) is 12.7 Å². The fraction of sp³-hybridized carbons (Fsp3) is 0.353. The highest BCUT2D eigenvalue weighted by molar-refractivity contribution is 5.89. The van der Waals surface area contributed by atoms with Gasteiger partial charge in [0.15, 0.2) is 0 Å². The highest BCUT2D eigenvalue weighted by Gasteiger charge is 2.26. The Morgan fingerprint density at radius 1 is 1.35 bits per heavy atom. The van der Waals surface area contributed by atoms with Crippen LogP contribution in [0.2, 0.25) is 0 Å². The Bertz CT molecular complexity index is 715.